The zero-order valence-electron chi connectivity index (χ0n) is 15.5. The molecule has 4 rings (SSSR count). The van der Waals surface area contributed by atoms with Crippen LogP contribution in [0.1, 0.15) is 29.7 Å². The first-order valence-corrected chi connectivity index (χ1v) is 9.81. The second-order valence-corrected chi connectivity index (χ2v) is 7.46. The third-order valence-electron chi connectivity index (χ3n) is 4.96. The van der Waals surface area contributed by atoms with Gasteiger partial charge in [0.1, 0.15) is 5.75 Å². The van der Waals surface area contributed by atoms with Crippen LogP contribution < -0.4 is 15.4 Å². The van der Waals surface area contributed by atoms with Crippen LogP contribution in [0.4, 0.5) is 18.9 Å². The molecule has 1 aliphatic rings. The average Bonchev–Trinajstić information content (AvgIpc) is 3.05. The Hall–Kier alpha value is -2.74. The van der Waals surface area contributed by atoms with Crippen molar-refractivity contribution in [1.82, 2.24) is 10.3 Å². The molecule has 29 heavy (non-hydrogen) atoms. The topological polar surface area (TPSA) is 49.1 Å². The van der Waals surface area contributed by atoms with Crippen molar-refractivity contribution in [1.29, 1.82) is 0 Å². The molecule has 1 heterocycles. The standard InChI is InChI=1S/C21H20F3N3OS/c22-21(23,24)28-15-8-6-14(7-9-15)26-20(29)25-12-13-5-10-19-17(11-13)16-3-1-2-4-18(16)27-19/h5-11,27H,1-4,12H2,(H2,25,26,29). The first-order chi connectivity index (χ1) is 13.9. The Morgan fingerprint density at radius 1 is 1.07 bits per heavy atom. The van der Waals surface area contributed by atoms with Crippen molar-refractivity contribution in [2.75, 3.05) is 5.32 Å². The van der Waals surface area contributed by atoms with Crippen molar-refractivity contribution < 1.29 is 17.9 Å². The van der Waals surface area contributed by atoms with Gasteiger partial charge in [-0.05, 0) is 85.4 Å². The van der Waals surface area contributed by atoms with Gasteiger partial charge in [-0.2, -0.15) is 0 Å². The van der Waals surface area contributed by atoms with E-state index < -0.39 is 6.36 Å². The van der Waals surface area contributed by atoms with Crippen molar-refractivity contribution in [3.63, 3.8) is 0 Å². The number of alkyl halides is 3. The van der Waals surface area contributed by atoms with E-state index in [9.17, 15) is 13.2 Å². The summed E-state index contributed by atoms with van der Waals surface area (Å²) in [5, 5.41) is 7.77. The maximum absolute atomic E-state index is 12.2. The lowest BCUT2D eigenvalue weighted by Gasteiger charge is -2.13. The van der Waals surface area contributed by atoms with Gasteiger partial charge in [0.25, 0.3) is 0 Å². The molecule has 4 nitrogen and oxygen atoms in total. The second-order valence-electron chi connectivity index (χ2n) is 7.05. The number of fused-ring (bicyclic) bond motifs is 3. The Labute approximate surface area is 171 Å². The Balaban J connectivity index is 1.36. The van der Waals surface area contributed by atoms with Gasteiger partial charge in [-0.3, -0.25) is 0 Å². The average molecular weight is 419 g/mol. The third kappa shape index (κ3) is 4.82. The van der Waals surface area contributed by atoms with Crippen LogP contribution in [0.2, 0.25) is 0 Å². The number of anilines is 1. The maximum atomic E-state index is 12.2. The van der Waals surface area contributed by atoms with E-state index in [-0.39, 0.29) is 5.75 Å². The quantitative estimate of drug-likeness (QED) is 0.494. The van der Waals surface area contributed by atoms with Crippen molar-refractivity contribution in [2.45, 2.75) is 38.6 Å². The van der Waals surface area contributed by atoms with Crippen LogP contribution in [-0.4, -0.2) is 16.5 Å². The summed E-state index contributed by atoms with van der Waals surface area (Å²) in [5.74, 6) is -0.273. The van der Waals surface area contributed by atoms with E-state index in [1.165, 1.54) is 59.3 Å². The van der Waals surface area contributed by atoms with E-state index in [1.54, 1.807) is 0 Å². The summed E-state index contributed by atoms with van der Waals surface area (Å²) in [6, 6.07) is 11.8. The Bertz CT molecular complexity index is 1030. The zero-order valence-corrected chi connectivity index (χ0v) is 16.3. The van der Waals surface area contributed by atoms with Gasteiger partial charge in [-0.15, -0.1) is 13.2 Å². The largest absolute Gasteiger partial charge is 0.573 e. The van der Waals surface area contributed by atoms with Crippen LogP contribution in [0, 0.1) is 0 Å². The molecule has 152 valence electrons. The van der Waals surface area contributed by atoms with Gasteiger partial charge in [0.15, 0.2) is 5.11 Å². The van der Waals surface area contributed by atoms with Crippen molar-refractivity contribution in [2.24, 2.45) is 0 Å². The number of nitrogens with one attached hydrogen (secondary N) is 3. The molecule has 0 amide bonds. The molecule has 3 N–H and O–H groups in total. The molecule has 1 aliphatic carbocycles. The number of hydrogen-bond donors (Lipinski definition) is 3. The van der Waals surface area contributed by atoms with Gasteiger partial charge in [0, 0.05) is 28.8 Å². The zero-order chi connectivity index (χ0) is 20.4. The molecule has 0 saturated heterocycles. The summed E-state index contributed by atoms with van der Waals surface area (Å²) < 4.78 is 40.5. The Morgan fingerprint density at radius 3 is 2.59 bits per heavy atom. The number of aromatic nitrogens is 1. The SMILES string of the molecule is FC(F)(F)Oc1ccc(NC(=S)NCc2ccc3[nH]c4c(c3c2)CCCC4)cc1. The number of aromatic amines is 1. The predicted molar refractivity (Wildman–Crippen MR) is 111 cm³/mol. The van der Waals surface area contributed by atoms with E-state index >= 15 is 0 Å². The molecule has 2 aromatic carbocycles. The molecule has 0 aliphatic heterocycles. The number of hydrogen-bond acceptors (Lipinski definition) is 2. The molecular formula is C21H20F3N3OS. The molecule has 0 bridgehead atoms. The number of aryl methyl sites for hydroxylation is 2. The molecular weight excluding hydrogens is 399 g/mol. The van der Waals surface area contributed by atoms with Crippen LogP contribution in [0.3, 0.4) is 0 Å². The van der Waals surface area contributed by atoms with E-state index in [0.29, 0.717) is 17.3 Å². The number of ether oxygens (including phenoxy) is 1. The molecule has 0 saturated carbocycles. The Morgan fingerprint density at radius 2 is 1.83 bits per heavy atom. The van der Waals surface area contributed by atoms with Gasteiger partial charge in [-0.25, -0.2) is 0 Å². The van der Waals surface area contributed by atoms with Crippen LogP contribution in [0.5, 0.6) is 5.75 Å². The van der Waals surface area contributed by atoms with Gasteiger partial charge < -0.3 is 20.4 Å². The van der Waals surface area contributed by atoms with Crippen LogP contribution in [-0.2, 0) is 19.4 Å². The van der Waals surface area contributed by atoms with E-state index in [0.717, 1.165) is 18.4 Å². The van der Waals surface area contributed by atoms with Crippen molar-refractivity contribution >= 4 is 33.9 Å². The first-order valence-electron chi connectivity index (χ1n) is 9.40. The lowest BCUT2D eigenvalue weighted by Crippen LogP contribution is -2.27. The van der Waals surface area contributed by atoms with E-state index in [1.807, 2.05) is 0 Å². The van der Waals surface area contributed by atoms with Gasteiger partial charge in [0.2, 0.25) is 0 Å². The molecule has 0 spiro atoms. The van der Waals surface area contributed by atoms with Crippen molar-refractivity contribution in [3.8, 4) is 5.75 Å². The monoisotopic (exact) mass is 419 g/mol. The fraction of sp³-hybridized carbons (Fsp3) is 0.286. The minimum Gasteiger partial charge on any atom is -0.406 e. The molecule has 1 aromatic heterocycles. The molecule has 0 atom stereocenters. The molecule has 0 unspecified atom stereocenters. The molecule has 0 fully saturated rings. The highest BCUT2D eigenvalue weighted by Crippen LogP contribution is 2.29. The number of halogens is 3. The van der Waals surface area contributed by atoms with Crippen molar-refractivity contribution in [3.05, 3.63) is 59.3 Å². The third-order valence-corrected chi connectivity index (χ3v) is 5.21. The van der Waals surface area contributed by atoms with E-state index in [2.05, 4.69) is 38.6 Å². The minimum atomic E-state index is -4.70. The summed E-state index contributed by atoms with van der Waals surface area (Å²) in [5.41, 5.74) is 5.64. The van der Waals surface area contributed by atoms with Crippen LogP contribution in [0.15, 0.2) is 42.5 Å². The molecule has 0 radical (unpaired) electrons. The van der Waals surface area contributed by atoms with E-state index in [4.69, 9.17) is 12.2 Å². The Kier molecular flexibility index (Phi) is 5.36. The van der Waals surface area contributed by atoms with Crippen LogP contribution in [0.25, 0.3) is 10.9 Å². The number of thiocarbonyl (C=S) groups is 1. The summed E-state index contributed by atoms with van der Waals surface area (Å²) in [7, 11) is 0. The highest BCUT2D eigenvalue weighted by Gasteiger charge is 2.30. The lowest BCUT2D eigenvalue weighted by molar-refractivity contribution is -0.274. The highest BCUT2D eigenvalue weighted by molar-refractivity contribution is 7.80. The number of rotatable bonds is 4. The summed E-state index contributed by atoms with van der Waals surface area (Å²) in [4.78, 5) is 3.52. The lowest BCUT2D eigenvalue weighted by atomic mass is 9.95. The van der Waals surface area contributed by atoms with Gasteiger partial charge in [-0.1, -0.05) is 6.07 Å². The molecule has 3 aromatic rings. The molecule has 8 heteroatoms. The number of H-pyrrole nitrogens is 1. The van der Waals surface area contributed by atoms with Gasteiger partial charge in [0.05, 0.1) is 0 Å². The summed E-state index contributed by atoms with van der Waals surface area (Å²) in [6.45, 7) is 0.553. The highest BCUT2D eigenvalue weighted by atomic mass is 32.1. The fourth-order valence-electron chi connectivity index (χ4n) is 3.66. The summed E-state index contributed by atoms with van der Waals surface area (Å²) in [6.07, 6.45) is -0.0228. The van der Waals surface area contributed by atoms with Crippen LogP contribution >= 0.6 is 12.2 Å². The second kappa shape index (κ2) is 7.94. The minimum absolute atomic E-state index is 0.273. The normalized spacial score (nSPS) is 13.8. The maximum Gasteiger partial charge on any atom is 0.573 e. The summed E-state index contributed by atoms with van der Waals surface area (Å²) >= 11 is 5.29. The predicted octanol–water partition coefficient (Wildman–Crippen LogP) is 5.43. The smallest absolute Gasteiger partial charge is 0.406 e. The first kappa shape index (κ1) is 19.6. The number of benzene rings is 2. The fourth-order valence-corrected chi connectivity index (χ4v) is 3.85. The van der Waals surface area contributed by atoms with Gasteiger partial charge >= 0.3 is 6.36 Å².